The number of amides is 1. The van der Waals surface area contributed by atoms with Crippen LogP contribution in [0.1, 0.15) is 49.4 Å². The highest BCUT2D eigenvalue weighted by molar-refractivity contribution is 5.67. The highest BCUT2D eigenvalue weighted by atomic mass is 16.5. The lowest BCUT2D eigenvalue weighted by atomic mass is 9.86. The van der Waals surface area contributed by atoms with Crippen LogP contribution in [0, 0.1) is 0 Å². The number of hydrogen-bond acceptors (Lipinski definition) is 3. The SMILES string of the molecule is CCc1ccc(C(C)NC2CC(NC(=O)OCc3ccccc3)C2)cc1. The summed E-state index contributed by atoms with van der Waals surface area (Å²) < 4.78 is 5.27. The van der Waals surface area contributed by atoms with Crippen LogP contribution in [-0.2, 0) is 17.8 Å². The highest BCUT2D eigenvalue weighted by Gasteiger charge is 2.31. The predicted molar refractivity (Wildman–Crippen MR) is 104 cm³/mol. The van der Waals surface area contributed by atoms with Gasteiger partial charge in [0.25, 0.3) is 0 Å². The molecule has 26 heavy (non-hydrogen) atoms. The van der Waals surface area contributed by atoms with Crippen LogP contribution >= 0.6 is 0 Å². The average molecular weight is 352 g/mol. The van der Waals surface area contributed by atoms with Crippen LogP contribution < -0.4 is 10.6 Å². The van der Waals surface area contributed by atoms with E-state index in [0.29, 0.717) is 18.7 Å². The third-order valence-electron chi connectivity index (χ3n) is 5.05. The van der Waals surface area contributed by atoms with Crippen LogP contribution in [0.15, 0.2) is 54.6 Å². The van der Waals surface area contributed by atoms with Crippen molar-refractivity contribution in [2.24, 2.45) is 0 Å². The van der Waals surface area contributed by atoms with E-state index in [0.717, 1.165) is 24.8 Å². The summed E-state index contributed by atoms with van der Waals surface area (Å²) in [5.74, 6) is 0. The highest BCUT2D eigenvalue weighted by Crippen LogP contribution is 2.24. The minimum absolute atomic E-state index is 0.199. The first kappa shape index (κ1) is 18.5. The van der Waals surface area contributed by atoms with Gasteiger partial charge < -0.3 is 15.4 Å². The molecule has 1 saturated carbocycles. The minimum atomic E-state index is -0.333. The van der Waals surface area contributed by atoms with Crippen LogP contribution in [0.5, 0.6) is 0 Å². The molecular formula is C22H28N2O2. The van der Waals surface area contributed by atoms with Crippen molar-refractivity contribution in [3.63, 3.8) is 0 Å². The van der Waals surface area contributed by atoms with Crippen molar-refractivity contribution in [1.82, 2.24) is 10.6 Å². The second kappa shape index (κ2) is 8.86. The van der Waals surface area contributed by atoms with E-state index in [-0.39, 0.29) is 12.1 Å². The molecule has 1 aliphatic carbocycles. The van der Waals surface area contributed by atoms with Gasteiger partial charge in [-0.05, 0) is 42.9 Å². The Morgan fingerprint density at radius 1 is 1.04 bits per heavy atom. The number of hydrogen-bond donors (Lipinski definition) is 2. The van der Waals surface area contributed by atoms with Crippen molar-refractivity contribution in [3.8, 4) is 0 Å². The van der Waals surface area contributed by atoms with Gasteiger partial charge in [-0.3, -0.25) is 0 Å². The number of carbonyl (C=O) groups excluding carboxylic acids is 1. The first-order chi connectivity index (χ1) is 12.6. The topological polar surface area (TPSA) is 50.4 Å². The zero-order valence-electron chi connectivity index (χ0n) is 15.6. The van der Waals surface area contributed by atoms with Gasteiger partial charge in [0.15, 0.2) is 0 Å². The van der Waals surface area contributed by atoms with Crippen molar-refractivity contribution in [3.05, 3.63) is 71.3 Å². The van der Waals surface area contributed by atoms with Gasteiger partial charge in [0, 0.05) is 18.1 Å². The zero-order chi connectivity index (χ0) is 18.4. The summed E-state index contributed by atoms with van der Waals surface area (Å²) in [5, 5.41) is 6.58. The molecule has 3 rings (SSSR count). The Morgan fingerprint density at radius 3 is 2.38 bits per heavy atom. The van der Waals surface area contributed by atoms with E-state index in [1.165, 1.54) is 11.1 Å². The molecule has 2 aromatic rings. The Balaban J connectivity index is 1.35. The Hall–Kier alpha value is -2.33. The molecule has 0 saturated heterocycles. The fourth-order valence-corrected chi connectivity index (χ4v) is 3.30. The van der Waals surface area contributed by atoms with Crippen molar-refractivity contribution in [1.29, 1.82) is 0 Å². The van der Waals surface area contributed by atoms with Crippen molar-refractivity contribution in [2.75, 3.05) is 0 Å². The van der Waals surface area contributed by atoms with Gasteiger partial charge in [-0.2, -0.15) is 0 Å². The molecule has 1 fully saturated rings. The Kier molecular flexibility index (Phi) is 6.29. The van der Waals surface area contributed by atoms with E-state index < -0.39 is 0 Å². The molecule has 4 heteroatoms. The zero-order valence-corrected chi connectivity index (χ0v) is 15.6. The lowest BCUT2D eigenvalue weighted by molar-refractivity contribution is 0.124. The molecule has 0 spiro atoms. The van der Waals surface area contributed by atoms with Crippen molar-refractivity contribution < 1.29 is 9.53 Å². The third kappa shape index (κ3) is 5.09. The summed E-state index contributed by atoms with van der Waals surface area (Å²) in [6.45, 7) is 4.67. The molecule has 4 nitrogen and oxygen atoms in total. The summed E-state index contributed by atoms with van der Waals surface area (Å²) >= 11 is 0. The fraction of sp³-hybridized carbons (Fsp3) is 0.409. The molecule has 0 aliphatic heterocycles. The molecule has 1 unspecified atom stereocenters. The molecule has 2 N–H and O–H groups in total. The smallest absolute Gasteiger partial charge is 0.407 e. The van der Waals surface area contributed by atoms with E-state index in [2.05, 4.69) is 48.7 Å². The second-order valence-electron chi connectivity index (χ2n) is 7.05. The number of aryl methyl sites for hydroxylation is 1. The molecule has 0 aromatic heterocycles. The lowest BCUT2D eigenvalue weighted by Crippen LogP contribution is -2.52. The van der Waals surface area contributed by atoms with Crippen LogP contribution in [0.3, 0.4) is 0 Å². The predicted octanol–water partition coefficient (Wildman–Crippen LogP) is 4.36. The number of benzene rings is 2. The van der Waals surface area contributed by atoms with Crippen LogP contribution in [0.4, 0.5) is 4.79 Å². The molecule has 1 aliphatic rings. The summed E-state index contributed by atoms with van der Waals surface area (Å²) in [5.41, 5.74) is 3.67. The number of alkyl carbamates (subject to hydrolysis) is 1. The van der Waals surface area contributed by atoms with Gasteiger partial charge in [0.1, 0.15) is 6.61 Å². The molecule has 0 bridgehead atoms. The van der Waals surface area contributed by atoms with Gasteiger partial charge in [-0.25, -0.2) is 4.79 Å². The number of nitrogens with one attached hydrogen (secondary N) is 2. The normalized spacial score (nSPS) is 20.1. The summed E-state index contributed by atoms with van der Waals surface area (Å²) in [7, 11) is 0. The molecule has 1 atom stereocenters. The molecule has 2 aromatic carbocycles. The fourth-order valence-electron chi connectivity index (χ4n) is 3.30. The maximum atomic E-state index is 11.9. The number of rotatable bonds is 7. The largest absolute Gasteiger partial charge is 0.445 e. The molecule has 0 radical (unpaired) electrons. The maximum absolute atomic E-state index is 11.9. The minimum Gasteiger partial charge on any atom is -0.445 e. The number of ether oxygens (including phenoxy) is 1. The van der Waals surface area contributed by atoms with Gasteiger partial charge >= 0.3 is 6.09 Å². The van der Waals surface area contributed by atoms with Crippen molar-refractivity contribution in [2.45, 2.75) is 57.8 Å². The monoisotopic (exact) mass is 352 g/mol. The molecule has 138 valence electrons. The maximum Gasteiger partial charge on any atom is 0.407 e. The Morgan fingerprint density at radius 2 is 1.73 bits per heavy atom. The second-order valence-corrected chi connectivity index (χ2v) is 7.05. The molecule has 1 amide bonds. The Bertz CT molecular complexity index is 694. The van der Waals surface area contributed by atoms with Crippen LogP contribution in [-0.4, -0.2) is 18.2 Å². The first-order valence-corrected chi connectivity index (χ1v) is 9.46. The first-order valence-electron chi connectivity index (χ1n) is 9.46. The summed E-state index contributed by atoms with van der Waals surface area (Å²) in [6.07, 6.45) is 2.62. The average Bonchev–Trinajstić information content (AvgIpc) is 2.65. The summed E-state index contributed by atoms with van der Waals surface area (Å²) in [4.78, 5) is 11.9. The van der Waals surface area contributed by atoms with Crippen LogP contribution in [0.25, 0.3) is 0 Å². The number of carbonyl (C=O) groups is 1. The van der Waals surface area contributed by atoms with Gasteiger partial charge in [-0.1, -0.05) is 61.5 Å². The van der Waals surface area contributed by atoms with E-state index in [9.17, 15) is 4.79 Å². The molecule has 0 heterocycles. The Labute approximate surface area is 156 Å². The standard InChI is InChI=1S/C22H28N2O2/c1-3-17-9-11-19(12-10-17)16(2)23-20-13-21(14-20)24-22(25)26-15-18-7-5-4-6-8-18/h4-12,16,20-21,23H,3,13-15H2,1-2H3,(H,24,25). The van der Waals surface area contributed by atoms with Gasteiger partial charge in [0.2, 0.25) is 0 Å². The van der Waals surface area contributed by atoms with E-state index in [1.807, 2.05) is 30.3 Å². The van der Waals surface area contributed by atoms with Gasteiger partial charge in [-0.15, -0.1) is 0 Å². The lowest BCUT2D eigenvalue weighted by Gasteiger charge is -2.38. The summed E-state index contributed by atoms with van der Waals surface area (Å²) in [6, 6.07) is 19.5. The van der Waals surface area contributed by atoms with Gasteiger partial charge in [0.05, 0.1) is 0 Å². The molecular weight excluding hydrogens is 324 g/mol. The van der Waals surface area contributed by atoms with E-state index >= 15 is 0 Å². The van der Waals surface area contributed by atoms with Crippen LogP contribution in [0.2, 0.25) is 0 Å². The van der Waals surface area contributed by atoms with E-state index in [4.69, 9.17) is 4.74 Å². The third-order valence-corrected chi connectivity index (χ3v) is 5.05. The van der Waals surface area contributed by atoms with E-state index in [1.54, 1.807) is 0 Å². The quantitative estimate of drug-likeness (QED) is 0.778. The van der Waals surface area contributed by atoms with Crippen molar-refractivity contribution >= 4 is 6.09 Å².